The number of carbonyl (C=O) groups excluding carboxylic acids is 1. The topological polar surface area (TPSA) is 65.4 Å². The van der Waals surface area contributed by atoms with Gasteiger partial charge >= 0.3 is 0 Å². The molecule has 2 rings (SSSR count). The molecule has 1 amide bonds. The third-order valence-corrected chi connectivity index (χ3v) is 2.69. The molecule has 1 N–H and O–H groups in total. The van der Waals surface area contributed by atoms with Gasteiger partial charge in [-0.25, -0.2) is 0 Å². The van der Waals surface area contributed by atoms with E-state index in [9.17, 15) is 4.79 Å². The van der Waals surface area contributed by atoms with E-state index in [-0.39, 0.29) is 18.1 Å². The summed E-state index contributed by atoms with van der Waals surface area (Å²) in [5.74, 6) is -0.140. The van der Waals surface area contributed by atoms with Crippen LogP contribution in [0.1, 0.15) is 17.3 Å². The van der Waals surface area contributed by atoms with Crippen LogP contribution in [-0.4, -0.2) is 47.7 Å². The van der Waals surface area contributed by atoms with Gasteiger partial charge in [-0.1, -0.05) is 0 Å². The van der Waals surface area contributed by atoms with E-state index in [4.69, 9.17) is 9.47 Å². The van der Waals surface area contributed by atoms with Gasteiger partial charge in [-0.3, -0.25) is 9.48 Å². The van der Waals surface area contributed by atoms with Crippen LogP contribution in [0.25, 0.3) is 0 Å². The van der Waals surface area contributed by atoms with Gasteiger partial charge in [0, 0.05) is 19.9 Å². The van der Waals surface area contributed by atoms with Crippen LogP contribution in [0.3, 0.4) is 0 Å². The maximum atomic E-state index is 11.9. The first-order valence-electron chi connectivity index (χ1n) is 5.69. The third kappa shape index (κ3) is 2.83. The van der Waals surface area contributed by atoms with Crippen LogP contribution in [0.15, 0.2) is 12.4 Å². The van der Waals surface area contributed by atoms with E-state index in [0.29, 0.717) is 25.4 Å². The fraction of sp³-hybridized carbons (Fsp3) is 0.636. The number of rotatable bonds is 4. The van der Waals surface area contributed by atoms with Crippen molar-refractivity contribution in [3.05, 3.63) is 18.0 Å². The Morgan fingerprint density at radius 2 is 2.53 bits per heavy atom. The van der Waals surface area contributed by atoms with Gasteiger partial charge in [0.15, 0.2) is 0 Å². The third-order valence-electron chi connectivity index (χ3n) is 2.69. The Hall–Kier alpha value is -1.40. The summed E-state index contributed by atoms with van der Waals surface area (Å²) in [6.45, 7) is 3.58. The molecule has 1 aliphatic heterocycles. The summed E-state index contributed by atoms with van der Waals surface area (Å²) in [6, 6.07) is -0.0809. The highest BCUT2D eigenvalue weighted by molar-refractivity contribution is 5.93. The molecule has 1 aromatic rings. The van der Waals surface area contributed by atoms with Crippen LogP contribution in [-0.2, 0) is 16.5 Å². The van der Waals surface area contributed by atoms with Gasteiger partial charge in [0.05, 0.1) is 31.0 Å². The van der Waals surface area contributed by atoms with Crippen LogP contribution in [0, 0.1) is 0 Å². The molecule has 1 fully saturated rings. The van der Waals surface area contributed by atoms with Crippen molar-refractivity contribution in [2.75, 3.05) is 19.8 Å². The maximum Gasteiger partial charge on any atom is 0.254 e. The molecular weight excluding hydrogens is 222 g/mol. The molecule has 1 aliphatic rings. The number of nitrogens with one attached hydrogen (secondary N) is 1. The van der Waals surface area contributed by atoms with Crippen LogP contribution in [0.5, 0.6) is 0 Å². The lowest BCUT2D eigenvalue weighted by Crippen LogP contribution is -2.43. The minimum Gasteiger partial charge on any atom is -0.376 e. The van der Waals surface area contributed by atoms with Crippen molar-refractivity contribution in [2.45, 2.75) is 19.1 Å². The molecule has 2 heterocycles. The van der Waals surface area contributed by atoms with Gasteiger partial charge in [0.2, 0.25) is 0 Å². The van der Waals surface area contributed by atoms with Crippen LogP contribution in [0.4, 0.5) is 0 Å². The van der Waals surface area contributed by atoms with Crippen molar-refractivity contribution in [1.29, 1.82) is 0 Å². The molecule has 0 unspecified atom stereocenters. The van der Waals surface area contributed by atoms with Gasteiger partial charge in [0.25, 0.3) is 5.91 Å². The Labute approximate surface area is 99.9 Å². The van der Waals surface area contributed by atoms with Gasteiger partial charge in [-0.15, -0.1) is 0 Å². The Balaban J connectivity index is 1.94. The summed E-state index contributed by atoms with van der Waals surface area (Å²) >= 11 is 0. The summed E-state index contributed by atoms with van der Waals surface area (Å²) < 4.78 is 12.4. The highest BCUT2D eigenvalue weighted by atomic mass is 16.5. The number of hydrogen-bond donors (Lipinski definition) is 1. The molecule has 0 spiro atoms. The molecule has 6 nitrogen and oxygen atoms in total. The Morgan fingerprint density at radius 3 is 3.18 bits per heavy atom. The Kier molecular flexibility index (Phi) is 3.75. The number of hydrogen-bond acceptors (Lipinski definition) is 4. The second kappa shape index (κ2) is 5.29. The van der Waals surface area contributed by atoms with Crippen LogP contribution >= 0.6 is 0 Å². The molecule has 17 heavy (non-hydrogen) atoms. The van der Waals surface area contributed by atoms with Crippen molar-refractivity contribution >= 4 is 5.91 Å². The minimum absolute atomic E-state index is 0.0550. The number of aryl methyl sites for hydroxylation is 1. The van der Waals surface area contributed by atoms with E-state index in [1.807, 2.05) is 6.92 Å². The number of nitrogens with zero attached hydrogens (tertiary/aromatic N) is 2. The molecule has 6 heteroatoms. The highest BCUT2D eigenvalue weighted by Gasteiger charge is 2.30. The predicted molar refractivity (Wildman–Crippen MR) is 60.7 cm³/mol. The maximum absolute atomic E-state index is 11.9. The van der Waals surface area contributed by atoms with Crippen molar-refractivity contribution in [3.8, 4) is 0 Å². The number of aromatic nitrogens is 2. The number of amides is 1. The quantitative estimate of drug-likeness (QED) is 0.800. The summed E-state index contributed by atoms with van der Waals surface area (Å²) in [5.41, 5.74) is 0.551. The molecule has 0 radical (unpaired) electrons. The van der Waals surface area contributed by atoms with E-state index in [0.717, 1.165) is 0 Å². The largest absolute Gasteiger partial charge is 0.376 e. The van der Waals surface area contributed by atoms with Crippen molar-refractivity contribution in [2.24, 2.45) is 7.05 Å². The second-order valence-corrected chi connectivity index (χ2v) is 4.01. The predicted octanol–water partition coefficient (Wildman–Crippen LogP) is -0.0462. The van der Waals surface area contributed by atoms with E-state index in [1.54, 1.807) is 24.1 Å². The molecule has 94 valence electrons. The van der Waals surface area contributed by atoms with E-state index in [2.05, 4.69) is 10.4 Å². The van der Waals surface area contributed by atoms with E-state index >= 15 is 0 Å². The van der Waals surface area contributed by atoms with Gasteiger partial charge in [-0.2, -0.15) is 5.10 Å². The van der Waals surface area contributed by atoms with Gasteiger partial charge in [-0.05, 0) is 6.92 Å². The zero-order chi connectivity index (χ0) is 12.3. The number of carbonyl (C=O) groups is 1. The Bertz CT molecular complexity index is 391. The average Bonchev–Trinajstić information content (AvgIpc) is 2.89. The second-order valence-electron chi connectivity index (χ2n) is 4.01. The van der Waals surface area contributed by atoms with Crippen molar-refractivity contribution in [3.63, 3.8) is 0 Å². The molecule has 0 aliphatic carbocycles. The fourth-order valence-electron chi connectivity index (χ4n) is 1.84. The lowest BCUT2D eigenvalue weighted by molar-refractivity contribution is 0.0402. The van der Waals surface area contributed by atoms with E-state index < -0.39 is 0 Å². The van der Waals surface area contributed by atoms with Crippen molar-refractivity contribution in [1.82, 2.24) is 15.1 Å². The lowest BCUT2D eigenvalue weighted by Gasteiger charge is -2.18. The summed E-state index contributed by atoms with van der Waals surface area (Å²) in [6.07, 6.45) is 3.17. The summed E-state index contributed by atoms with van der Waals surface area (Å²) in [5, 5.41) is 6.86. The fourth-order valence-corrected chi connectivity index (χ4v) is 1.84. The number of ether oxygens (including phenoxy) is 2. The summed E-state index contributed by atoms with van der Waals surface area (Å²) in [4.78, 5) is 11.9. The molecule has 0 aromatic carbocycles. The first-order valence-corrected chi connectivity index (χ1v) is 5.69. The molecular formula is C11H17N3O3. The molecule has 0 bridgehead atoms. The minimum atomic E-state index is -0.140. The molecule has 1 aromatic heterocycles. The SMILES string of the molecule is CCO[C@@H]1COC[C@H]1NC(=O)c1cnn(C)c1. The average molecular weight is 239 g/mol. The normalized spacial score (nSPS) is 23.9. The molecule has 2 atom stereocenters. The smallest absolute Gasteiger partial charge is 0.254 e. The zero-order valence-electron chi connectivity index (χ0n) is 10.0. The lowest BCUT2D eigenvalue weighted by atomic mass is 10.2. The first-order chi connectivity index (χ1) is 8.20. The first kappa shape index (κ1) is 12.1. The van der Waals surface area contributed by atoms with Crippen LogP contribution < -0.4 is 5.32 Å². The zero-order valence-corrected chi connectivity index (χ0v) is 10.0. The molecule has 1 saturated heterocycles. The van der Waals surface area contributed by atoms with Gasteiger partial charge < -0.3 is 14.8 Å². The monoisotopic (exact) mass is 239 g/mol. The molecule has 0 saturated carbocycles. The van der Waals surface area contributed by atoms with E-state index in [1.165, 1.54) is 0 Å². The van der Waals surface area contributed by atoms with Crippen molar-refractivity contribution < 1.29 is 14.3 Å². The highest BCUT2D eigenvalue weighted by Crippen LogP contribution is 2.10. The van der Waals surface area contributed by atoms with Gasteiger partial charge in [0.1, 0.15) is 6.10 Å². The summed E-state index contributed by atoms with van der Waals surface area (Å²) in [7, 11) is 1.78. The Morgan fingerprint density at radius 1 is 1.71 bits per heavy atom. The van der Waals surface area contributed by atoms with Crippen LogP contribution in [0.2, 0.25) is 0 Å². The standard InChI is InChI=1S/C11H17N3O3/c1-3-17-10-7-16-6-9(10)13-11(15)8-4-12-14(2)5-8/h4-5,9-10H,3,6-7H2,1-2H3,(H,13,15)/t9-,10-/m1/s1.